The van der Waals surface area contributed by atoms with Gasteiger partial charge in [-0.3, -0.25) is 9.00 Å². The minimum atomic E-state index is -0.719. The number of amides is 1. The van der Waals surface area contributed by atoms with E-state index in [4.69, 9.17) is 5.73 Å². The predicted octanol–water partition coefficient (Wildman–Crippen LogP) is 2.06. The maximum Gasteiger partial charge on any atom is 0.253 e. The molecule has 1 amide bonds. The highest BCUT2D eigenvalue weighted by molar-refractivity contribution is 7.85. The number of anilines is 1. The first kappa shape index (κ1) is 14.1. The zero-order valence-electron chi connectivity index (χ0n) is 11.7. The number of hydrogen-bond acceptors (Lipinski definition) is 3. The Labute approximate surface area is 126 Å². The molecule has 1 aliphatic rings. The minimum Gasteiger partial charge on any atom is -0.398 e. The number of nitrogens with one attached hydrogen (secondary N) is 1. The van der Waals surface area contributed by atoms with Crippen LogP contribution in [0.15, 0.2) is 36.4 Å². The van der Waals surface area contributed by atoms with E-state index in [0.29, 0.717) is 22.8 Å². The summed E-state index contributed by atoms with van der Waals surface area (Å²) in [7, 11) is -0.719. The van der Waals surface area contributed by atoms with Gasteiger partial charge in [0, 0.05) is 34.0 Å². The third-order valence-corrected chi connectivity index (χ3v) is 5.27. The van der Waals surface area contributed by atoms with E-state index in [0.717, 1.165) is 23.6 Å². The fourth-order valence-corrected chi connectivity index (χ4v) is 3.95. The van der Waals surface area contributed by atoms with Crippen molar-refractivity contribution in [3.05, 3.63) is 42.0 Å². The van der Waals surface area contributed by atoms with Gasteiger partial charge in [-0.15, -0.1) is 0 Å². The van der Waals surface area contributed by atoms with Crippen LogP contribution in [-0.2, 0) is 10.8 Å². The standard InChI is InChI=1S/C16H18N2O2S/c17-15-10-12-4-2-1-3-11(12)9-14(15)16(19)18-13-5-7-21(20)8-6-13/h1-4,9-10,13H,5-8,17H2,(H,18,19). The molecule has 1 fully saturated rings. The summed E-state index contributed by atoms with van der Waals surface area (Å²) < 4.78 is 11.3. The van der Waals surface area contributed by atoms with E-state index >= 15 is 0 Å². The van der Waals surface area contributed by atoms with E-state index in [9.17, 15) is 9.00 Å². The molecule has 0 unspecified atom stereocenters. The summed E-state index contributed by atoms with van der Waals surface area (Å²) in [5.74, 6) is 1.19. The quantitative estimate of drug-likeness (QED) is 0.834. The summed E-state index contributed by atoms with van der Waals surface area (Å²) in [6.45, 7) is 0. The van der Waals surface area contributed by atoms with Crippen molar-refractivity contribution in [1.82, 2.24) is 5.32 Å². The smallest absolute Gasteiger partial charge is 0.253 e. The first-order valence-corrected chi connectivity index (χ1v) is 8.56. The van der Waals surface area contributed by atoms with Gasteiger partial charge in [0.25, 0.3) is 5.91 Å². The van der Waals surface area contributed by atoms with E-state index in [1.54, 1.807) is 0 Å². The molecule has 0 aliphatic carbocycles. The van der Waals surface area contributed by atoms with E-state index in [2.05, 4.69) is 5.32 Å². The van der Waals surface area contributed by atoms with Crippen molar-refractivity contribution in [2.45, 2.75) is 18.9 Å². The average Bonchev–Trinajstić information content (AvgIpc) is 2.49. The largest absolute Gasteiger partial charge is 0.398 e. The van der Waals surface area contributed by atoms with Crippen LogP contribution >= 0.6 is 0 Å². The second-order valence-corrected chi connectivity index (χ2v) is 7.08. The van der Waals surface area contributed by atoms with Crippen molar-refractivity contribution < 1.29 is 9.00 Å². The Kier molecular flexibility index (Phi) is 3.92. The molecule has 5 heteroatoms. The number of hydrogen-bond donors (Lipinski definition) is 2. The van der Waals surface area contributed by atoms with Gasteiger partial charge in [-0.2, -0.15) is 0 Å². The van der Waals surface area contributed by atoms with E-state index in [1.165, 1.54) is 0 Å². The number of nitrogens with two attached hydrogens (primary N) is 1. The normalized spacial score (nSPS) is 22.1. The van der Waals surface area contributed by atoms with Crippen molar-refractivity contribution in [1.29, 1.82) is 0 Å². The van der Waals surface area contributed by atoms with Crippen LogP contribution in [-0.4, -0.2) is 27.7 Å². The van der Waals surface area contributed by atoms with Gasteiger partial charge in [0.2, 0.25) is 0 Å². The molecular formula is C16H18N2O2S. The van der Waals surface area contributed by atoms with Gasteiger partial charge in [0.15, 0.2) is 0 Å². The number of carbonyl (C=O) groups is 1. The van der Waals surface area contributed by atoms with E-state index < -0.39 is 10.8 Å². The highest BCUT2D eigenvalue weighted by Gasteiger charge is 2.21. The van der Waals surface area contributed by atoms with E-state index in [-0.39, 0.29) is 11.9 Å². The summed E-state index contributed by atoms with van der Waals surface area (Å²) in [5.41, 5.74) is 7.01. The molecule has 2 aromatic carbocycles. The van der Waals surface area contributed by atoms with Crippen LogP contribution < -0.4 is 11.1 Å². The molecule has 3 N–H and O–H groups in total. The molecule has 0 spiro atoms. The Bertz CT molecular complexity index is 704. The molecule has 0 atom stereocenters. The lowest BCUT2D eigenvalue weighted by molar-refractivity contribution is 0.0935. The fourth-order valence-electron chi connectivity index (χ4n) is 2.66. The summed E-state index contributed by atoms with van der Waals surface area (Å²) in [6, 6.07) is 11.6. The first-order chi connectivity index (χ1) is 10.1. The van der Waals surface area contributed by atoms with Crippen LogP contribution in [0, 0.1) is 0 Å². The second kappa shape index (κ2) is 5.85. The van der Waals surface area contributed by atoms with Crippen molar-refractivity contribution in [2.24, 2.45) is 0 Å². The van der Waals surface area contributed by atoms with Crippen molar-refractivity contribution in [3.63, 3.8) is 0 Å². The molecule has 4 nitrogen and oxygen atoms in total. The van der Waals surface area contributed by atoms with Gasteiger partial charge in [-0.05, 0) is 35.7 Å². The lowest BCUT2D eigenvalue weighted by atomic mass is 10.0. The molecule has 3 rings (SSSR count). The van der Waals surface area contributed by atoms with Crippen LogP contribution in [0.2, 0.25) is 0 Å². The zero-order valence-corrected chi connectivity index (χ0v) is 12.5. The minimum absolute atomic E-state index is 0.0982. The molecule has 1 saturated heterocycles. The van der Waals surface area contributed by atoms with Gasteiger partial charge >= 0.3 is 0 Å². The Balaban J connectivity index is 1.81. The molecule has 1 aliphatic heterocycles. The second-order valence-electron chi connectivity index (χ2n) is 5.38. The molecule has 0 saturated carbocycles. The Morgan fingerprint density at radius 3 is 2.43 bits per heavy atom. The molecule has 0 bridgehead atoms. The topological polar surface area (TPSA) is 72.2 Å². The van der Waals surface area contributed by atoms with Crippen LogP contribution in [0.1, 0.15) is 23.2 Å². The first-order valence-electron chi connectivity index (χ1n) is 7.07. The van der Waals surface area contributed by atoms with Crippen molar-refractivity contribution in [3.8, 4) is 0 Å². The highest BCUT2D eigenvalue weighted by Crippen LogP contribution is 2.22. The number of fused-ring (bicyclic) bond motifs is 1. The fraction of sp³-hybridized carbons (Fsp3) is 0.312. The molecule has 2 aromatic rings. The van der Waals surface area contributed by atoms with Gasteiger partial charge in [0.1, 0.15) is 0 Å². The SMILES string of the molecule is Nc1cc2ccccc2cc1C(=O)NC1CCS(=O)CC1. The molecular weight excluding hydrogens is 284 g/mol. The summed E-state index contributed by atoms with van der Waals surface area (Å²) in [5, 5.41) is 5.04. The lowest BCUT2D eigenvalue weighted by Gasteiger charge is -2.23. The Hall–Kier alpha value is -1.88. The number of nitrogen functional groups attached to an aromatic ring is 1. The third-order valence-electron chi connectivity index (χ3n) is 3.89. The van der Waals surface area contributed by atoms with Crippen LogP contribution in [0.5, 0.6) is 0 Å². The average molecular weight is 302 g/mol. The van der Waals surface area contributed by atoms with Gasteiger partial charge in [-0.1, -0.05) is 24.3 Å². The van der Waals surface area contributed by atoms with Gasteiger partial charge < -0.3 is 11.1 Å². The summed E-state index contributed by atoms with van der Waals surface area (Å²) in [6.07, 6.45) is 1.54. The lowest BCUT2D eigenvalue weighted by Crippen LogP contribution is -2.39. The summed E-state index contributed by atoms with van der Waals surface area (Å²) in [4.78, 5) is 12.4. The van der Waals surface area contributed by atoms with E-state index in [1.807, 2.05) is 36.4 Å². The molecule has 21 heavy (non-hydrogen) atoms. The van der Waals surface area contributed by atoms with Gasteiger partial charge in [0.05, 0.1) is 5.56 Å². The molecule has 110 valence electrons. The van der Waals surface area contributed by atoms with Crippen LogP contribution in [0.3, 0.4) is 0 Å². The molecule has 0 aromatic heterocycles. The highest BCUT2D eigenvalue weighted by atomic mass is 32.2. The van der Waals surface area contributed by atoms with Crippen LogP contribution in [0.25, 0.3) is 10.8 Å². The molecule has 1 heterocycles. The number of benzene rings is 2. The maximum atomic E-state index is 12.4. The third kappa shape index (κ3) is 3.08. The van der Waals surface area contributed by atoms with Gasteiger partial charge in [-0.25, -0.2) is 0 Å². The molecule has 0 radical (unpaired) electrons. The Morgan fingerprint density at radius 1 is 1.14 bits per heavy atom. The van der Waals surface area contributed by atoms with Crippen molar-refractivity contribution >= 4 is 33.2 Å². The predicted molar refractivity (Wildman–Crippen MR) is 86.7 cm³/mol. The monoisotopic (exact) mass is 302 g/mol. The maximum absolute atomic E-state index is 12.4. The number of carbonyl (C=O) groups excluding carboxylic acids is 1. The zero-order chi connectivity index (χ0) is 14.8. The summed E-state index contributed by atoms with van der Waals surface area (Å²) >= 11 is 0. The Morgan fingerprint density at radius 2 is 1.76 bits per heavy atom. The van der Waals surface area contributed by atoms with Crippen molar-refractivity contribution in [2.75, 3.05) is 17.2 Å². The number of rotatable bonds is 2. The van der Waals surface area contributed by atoms with Crippen LogP contribution in [0.4, 0.5) is 5.69 Å².